The van der Waals surface area contributed by atoms with Crippen molar-refractivity contribution in [2.75, 3.05) is 13.1 Å². The van der Waals surface area contributed by atoms with Gasteiger partial charge in [-0.1, -0.05) is 0 Å². The summed E-state index contributed by atoms with van der Waals surface area (Å²) in [5, 5.41) is 11.5. The lowest BCUT2D eigenvalue weighted by Crippen LogP contribution is -2.39. The molecular weight excluding hydrogens is 278 g/mol. The van der Waals surface area contributed by atoms with Gasteiger partial charge in [0.15, 0.2) is 0 Å². The molecule has 118 valence electrons. The fraction of sp³-hybridized carbons (Fsp3) is 0.562. The lowest BCUT2D eigenvalue weighted by Gasteiger charge is -2.32. The Morgan fingerprint density at radius 2 is 2.32 bits per heavy atom. The van der Waals surface area contributed by atoms with Crippen LogP contribution < -0.4 is 0 Å². The van der Waals surface area contributed by atoms with Gasteiger partial charge in [0.25, 0.3) is 0 Å². The van der Waals surface area contributed by atoms with Gasteiger partial charge in [-0.3, -0.25) is 14.6 Å². The third kappa shape index (κ3) is 3.21. The molecular formula is C16H23N5O. The molecule has 0 unspecified atom stereocenters. The molecule has 1 saturated heterocycles. The molecule has 1 aliphatic rings. The number of amides is 1. The number of carbonyl (C=O) groups is 1. The topological polar surface area (TPSA) is 66.8 Å². The maximum atomic E-state index is 12.5. The highest BCUT2D eigenvalue weighted by molar-refractivity contribution is 5.76. The van der Waals surface area contributed by atoms with Gasteiger partial charge in [-0.05, 0) is 38.8 Å². The lowest BCUT2D eigenvalue weighted by atomic mass is 9.95. The molecule has 0 saturated carbocycles. The van der Waals surface area contributed by atoms with Crippen molar-refractivity contribution in [3.05, 3.63) is 35.4 Å². The summed E-state index contributed by atoms with van der Waals surface area (Å²) in [5.41, 5.74) is 3.25. The summed E-state index contributed by atoms with van der Waals surface area (Å²) < 4.78 is 1.92. The van der Waals surface area contributed by atoms with E-state index in [2.05, 4.69) is 15.3 Å². The molecule has 1 N–H and O–H groups in total. The maximum absolute atomic E-state index is 12.5. The number of rotatable bonds is 4. The van der Waals surface area contributed by atoms with Crippen LogP contribution in [0.3, 0.4) is 0 Å². The molecule has 0 bridgehead atoms. The molecule has 3 rings (SSSR count). The Labute approximate surface area is 130 Å². The predicted octanol–water partition coefficient (Wildman–Crippen LogP) is 2.02. The fourth-order valence-corrected chi connectivity index (χ4v) is 3.21. The Balaban J connectivity index is 1.56. The first-order chi connectivity index (χ1) is 10.6. The van der Waals surface area contributed by atoms with Crippen LogP contribution in [0.1, 0.15) is 42.3 Å². The SMILES string of the molecule is Cc1cc(C)n(CCC(=O)N2CCC[C@@H](c3ccn[nH]3)C2)n1. The summed E-state index contributed by atoms with van der Waals surface area (Å²) in [4.78, 5) is 14.5. The van der Waals surface area contributed by atoms with Crippen LogP contribution in [-0.2, 0) is 11.3 Å². The molecule has 6 heteroatoms. The second-order valence-electron chi connectivity index (χ2n) is 6.09. The molecule has 0 radical (unpaired) electrons. The Morgan fingerprint density at radius 1 is 1.45 bits per heavy atom. The van der Waals surface area contributed by atoms with Crippen molar-refractivity contribution in [1.29, 1.82) is 0 Å². The van der Waals surface area contributed by atoms with Crippen LogP contribution in [-0.4, -0.2) is 43.9 Å². The minimum atomic E-state index is 0.219. The van der Waals surface area contributed by atoms with E-state index in [1.165, 1.54) is 0 Å². The van der Waals surface area contributed by atoms with E-state index < -0.39 is 0 Å². The van der Waals surface area contributed by atoms with Gasteiger partial charge in [0.2, 0.25) is 5.91 Å². The van der Waals surface area contributed by atoms with Crippen LogP contribution in [0.4, 0.5) is 0 Å². The summed E-state index contributed by atoms with van der Waals surface area (Å²) in [7, 11) is 0. The van der Waals surface area contributed by atoms with Crippen molar-refractivity contribution in [3.63, 3.8) is 0 Å². The number of H-pyrrole nitrogens is 1. The molecule has 2 aromatic rings. The summed E-state index contributed by atoms with van der Waals surface area (Å²) >= 11 is 0. The molecule has 0 spiro atoms. The number of likely N-dealkylation sites (tertiary alicyclic amines) is 1. The number of nitrogens with one attached hydrogen (secondary N) is 1. The largest absolute Gasteiger partial charge is 0.342 e. The molecule has 2 aromatic heterocycles. The van der Waals surface area contributed by atoms with Gasteiger partial charge in [0.05, 0.1) is 5.69 Å². The van der Waals surface area contributed by atoms with Gasteiger partial charge in [0, 0.05) is 49.6 Å². The molecule has 0 aliphatic carbocycles. The minimum absolute atomic E-state index is 0.219. The predicted molar refractivity (Wildman–Crippen MR) is 83.5 cm³/mol. The average molecular weight is 301 g/mol. The molecule has 3 heterocycles. The normalized spacial score (nSPS) is 18.6. The third-order valence-electron chi connectivity index (χ3n) is 4.38. The second-order valence-corrected chi connectivity index (χ2v) is 6.09. The number of aryl methyl sites for hydroxylation is 3. The van der Waals surface area contributed by atoms with Crippen molar-refractivity contribution < 1.29 is 4.79 Å². The van der Waals surface area contributed by atoms with Gasteiger partial charge < -0.3 is 4.90 Å². The van der Waals surface area contributed by atoms with Crippen molar-refractivity contribution in [1.82, 2.24) is 24.9 Å². The first-order valence-electron chi connectivity index (χ1n) is 7.91. The second kappa shape index (κ2) is 6.34. The van der Waals surface area contributed by atoms with E-state index in [4.69, 9.17) is 0 Å². The quantitative estimate of drug-likeness (QED) is 0.939. The number of carbonyl (C=O) groups excluding carboxylic acids is 1. The zero-order valence-corrected chi connectivity index (χ0v) is 13.2. The molecule has 1 amide bonds. The molecule has 22 heavy (non-hydrogen) atoms. The van der Waals surface area contributed by atoms with Gasteiger partial charge in [-0.25, -0.2) is 0 Å². The molecule has 1 atom stereocenters. The molecule has 6 nitrogen and oxygen atoms in total. The van der Waals surface area contributed by atoms with E-state index in [0.717, 1.165) is 43.0 Å². The van der Waals surface area contributed by atoms with Crippen LogP contribution in [0.2, 0.25) is 0 Å². The van der Waals surface area contributed by atoms with E-state index in [9.17, 15) is 4.79 Å². The Hall–Kier alpha value is -2.11. The highest BCUT2D eigenvalue weighted by Crippen LogP contribution is 2.25. The summed E-state index contributed by atoms with van der Waals surface area (Å²) in [5.74, 6) is 0.602. The number of nitrogens with zero attached hydrogens (tertiary/aromatic N) is 4. The van der Waals surface area contributed by atoms with Gasteiger partial charge in [0.1, 0.15) is 0 Å². The number of aromatic nitrogens is 4. The number of aromatic amines is 1. The Morgan fingerprint density at radius 3 is 3.00 bits per heavy atom. The van der Waals surface area contributed by atoms with Crippen molar-refractivity contribution in [2.45, 2.75) is 45.6 Å². The van der Waals surface area contributed by atoms with Gasteiger partial charge >= 0.3 is 0 Å². The van der Waals surface area contributed by atoms with E-state index in [-0.39, 0.29) is 5.91 Å². The van der Waals surface area contributed by atoms with Crippen molar-refractivity contribution in [3.8, 4) is 0 Å². The van der Waals surface area contributed by atoms with Crippen LogP contribution in [0, 0.1) is 13.8 Å². The lowest BCUT2D eigenvalue weighted by molar-refractivity contribution is -0.132. The van der Waals surface area contributed by atoms with Gasteiger partial charge in [-0.15, -0.1) is 0 Å². The van der Waals surface area contributed by atoms with Crippen molar-refractivity contribution in [2.24, 2.45) is 0 Å². The first-order valence-corrected chi connectivity index (χ1v) is 7.91. The van der Waals surface area contributed by atoms with Crippen molar-refractivity contribution >= 4 is 5.91 Å². The number of hydrogen-bond acceptors (Lipinski definition) is 3. The van der Waals surface area contributed by atoms with Crippen LogP contribution in [0.5, 0.6) is 0 Å². The molecule has 0 aromatic carbocycles. The summed E-state index contributed by atoms with van der Waals surface area (Å²) in [6.07, 6.45) is 4.45. The zero-order valence-electron chi connectivity index (χ0n) is 13.2. The van der Waals surface area contributed by atoms with E-state index in [1.54, 1.807) is 6.20 Å². The highest BCUT2D eigenvalue weighted by atomic mass is 16.2. The highest BCUT2D eigenvalue weighted by Gasteiger charge is 2.25. The van der Waals surface area contributed by atoms with Crippen LogP contribution in [0.15, 0.2) is 18.3 Å². The smallest absolute Gasteiger partial charge is 0.224 e. The first kappa shape index (κ1) is 14.8. The Bertz CT molecular complexity index is 631. The molecule has 1 aliphatic heterocycles. The van der Waals surface area contributed by atoms with E-state index >= 15 is 0 Å². The zero-order chi connectivity index (χ0) is 15.5. The monoisotopic (exact) mass is 301 g/mol. The minimum Gasteiger partial charge on any atom is -0.342 e. The average Bonchev–Trinajstić information content (AvgIpc) is 3.15. The number of hydrogen-bond donors (Lipinski definition) is 1. The standard InChI is InChI=1S/C16H23N5O/c1-12-10-13(2)21(19-12)9-6-16(22)20-8-3-4-14(11-20)15-5-7-17-18-15/h5,7,10,14H,3-4,6,8-9,11H2,1-2H3,(H,17,18)/t14-/m1/s1. The van der Waals surface area contributed by atoms with Gasteiger partial charge in [-0.2, -0.15) is 10.2 Å². The van der Waals surface area contributed by atoms with E-state index in [0.29, 0.717) is 18.9 Å². The number of piperidine rings is 1. The maximum Gasteiger partial charge on any atom is 0.224 e. The summed E-state index contributed by atoms with van der Waals surface area (Å²) in [6, 6.07) is 4.05. The van der Waals surface area contributed by atoms with Crippen LogP contribution in [0.25, 0.3) is 0 Å². The van der Waals surface area contributed by atoms with Crippen LogP contribution >= 0.6 is 0 Å². The third-order valence-corrected chi connectivity index (χ3v) is 4.38. The molecule has 1 fully saturated rings. The van der Waals surface area contributed by atoms with E-state index in [1.807, 2.05) is 35.6 Å². The summed E-state index contributed by atoms with van der Waals surface area (Å²) in [6.45, 7) is 6.31. The fourth-order valence-electron chi connectivity index (χ4n) is 3.21. The Kier molecular flexibility index (Phi) is 4.27.